The van der Waals surface area contributed by atoms with Gasteiger partial charge in [-0.15, -0.1) is 0 Å². The first-order valence-corrected chi connectivity index (χ1v) is 5.70. The first-order chi connectivity index (χ1) is 8.65. The molecule has 0 aliphatic carbocycles. The van der Waals surface area contributed by atoms with Crippen LogP contribution in [0, 0.1) is 6.92 Å². The molecule has 0 atom stereocenters. The van der Waals surface area contributed by atoms with Crippen LogP contribution in [-0.2, 0) is 6.54 Å². The molecule has 4 nitrogen and oxygen atoms in total. The van der Waals surface area contributed by atoms with E-state index in [9.17, 15) is 4.79 Å². The molecule has 2 aromatic rings. The van der Waals surface area contributed by atoms with Gasteiger partial charge in [0.1, 0.15) is 0 Å². The number of nitrogens with zero attached hydrogens (tertiary/aromatic N) is 1. The molecule has 0 saturated heterocycles. The zero-order valence-electron chi connectivity index (χ0n) is 10.2. The number of amides is 1. The first-order valence-electron chi connectivity index (χ1n) is 5.70. The van der Waals surface area contributed by atoms with Crippen molar-refractivity contribution in [1.82, 2.24) is 4.98 Å². The Balaban J connectivity index is 2.04. The highest BCUT2D eigenvalue weighted by atomic mass is 16.1. The van der Waals surface area contributed by atoms with Crippen LogP contribution < -0.4 is 11.1 Å². The van der Waals surface area contributed by atoms with E-state index in [0.717, 1.165) is 16.9 Å². The van der Waals surface area contributed by atoms with Crippen LogP contribution in [0.3, 0.4) is 0 Å². The van der Waals surface area contributed by atoms with Crippen molar-refractivity contribution in [3.05, 3.63) is 59.4 Å². The van der Waals surface area contributed by atoms with Crippen molar-refractivity contribution in [1.29, 1.82) is 0 Å². The predicted molar refractivity (Wildman–Crippen MR) is 71.3 cm³/mol. The van der Waals surface area contributed by atoms with E-state index in [1.54, 1.807) is 18.2 Å². The van der Waals surface area contributed by atoms with Crippen LogP contribution in [0.25, 0.3) is 0 Å². The molecule has 18 heavy (non-hydrogen) atoms. The molecular weight excluding hydrogens is 226 g/mol. The van der Waals surface area contributed by atoms with Gasteiger partial charge in [0.15, 0.2) is 0 Å². The number of nitrogens with two attached hydrogens (primary N) is 1. The summed E-state index contributed by atoms with van der Waals surface area (Å²) in [6, 6.07) is 11.1. The van der Waals surface area contributed by atoms with Crippen LogP contribution in [-0.4, -0.2) is 10.9 Å². The third-order valence-corrected chi connectivity index (χ3v) is 2.59. The molecule has 3 N–H and O–H groups in total. The number of primary amides is 1. The fourth-order valence-corrected chi connectivity index (χ4v) is 1.58. The average molecular weight is 241 g/mol. The van der Waals surface area contributed by atoms with E-state index in [0.29, 0.717) is 12.1 Å². The van der Waals surface area contributed by atoms with Crippen LogP contribution in [0.2, 0.25) is 0 Å². The number of aryl methyl sites for hydroxylation is 1. The normalized spacial score (nSPS) is 10.1. The zero-order valence-corrected chi connectivity index (χ0v) is 10.2. The molecule has 0 radical (unpaired) electrons. The number of hydrogen-bond donors (Lipinski definition) is 2. The van der Waals surface area contributed by atoms with E-state index in [4.69, 9.17) is 5.73 Å². The van der Waals surface area contributed by atoms with Crippen LogP contribution in [0.1, 0.15) is 21.6 Å². The van der Waals surface area contributed by atoms with Crippen molar-refractivity contribution in [2.45, 2.75) is 13.5 Å². The second kappa shape index (κ2) is 5.31. The minimum absolute atomic E-state index is 0.424. The molecular formula is C14H15N3O. The fourth-order valence-electron chi connectivity index (χ4n) is 1.58. The summed E-state index contributed by atoms with van der Waals surface area (Å²) in [7, 11) is 0. The van der Waals surface area contributed by atoms with Gasteiger partial charge in [0.05, 0.1) is 12.2 Å². The molecule has 0 spiro atoms. The van der Waals surface area contributed by atoms with Gasteiger partial charge in [-0.25, -0.2) is 0 Å². The highest BCUT2D eigenvalue weighted by Gasteiger charge is 2.01. The second-order valence-electron chi connectivity index (χ2n) is 4.13. The number of nitrogens with one attached hydrogen (secondary N) is 1. The summed E-state index contributed by atoms with van der Waals surface area (Å²) >= 11 is 0. The number of rotatable bonds is 4. The summed E-state index contributed by atoms with van der Waals surface area (Å²) in [4.78, 5) is 15.3. The first kappa shape index (κ1) is 12.1. The fraction of sp³-hybridized carbons (Fsp3) is 0.143. The van der Waals surface area contributed by atoms with Gasteiger partial charge in [0, 0.05) is 17.4 Å². The highest BCUT2D eigenvalue weighted by molar-refractivity contribution is 5.93. The van der Waals surface area contributed by atoms with Crippen molar-refractivity contribution >= 4 is 11.6 Å². The highest BCUT2D eigenvalue weighted by Crippen LogP contribution is 2.11. The molecule has 0 aliphatic rings. The molecule has 0 saturated carbocycles. The maximum Gasteiger partial charge on any atom is 0.248 e. The van der Waals surface area contributed by atoms with Crippen LogP contribution in [0.4, 0.5) is 5.69 Å². The summed E-state index contributed by atoms with van der Waals surface area (Å²) in [6.07, 6.45) is 1.83. The van der Waals surface area contributed by atoms with Crippen molar-refractivity contribution in [3.8, 4) is 0 Å². The molecule has 0 aliphatic heterocycles. The smallest absolute Gasteiger partial charge is 0.248 e. The molecule has 0 bridgehead atoms. The second-order valence-corrected chi connectivity index (χ2v) is 4.13. The molecule has 0 unspecified atom stereocenters. The molecule has 92 valence electrons. The van der Waals surface area contributed by atoms with Crippen molar-refractivity contribution in [3.63, 3.8) is 0 Å². The largest absolute Gasteiger partial charge is 0.379 e. The third kappa shape index (κ3) is 3.07. The minimum atomic E-state index is -0.424. The number of benzene rings is 1. The summed E-state index contributed by atoms with van der Waals surface area (Å²) < 4.78 is 0. The van der Waals surface area contributed by atoms with Crippen LogP contribution in [0.5, 0.6) is 0 Å². The number of carbonyl (C=O) groups excluding carboxylic acids is 1. The Bertz CT molecular complexity index is 549. The topological polar surface area (TPSA) is 68.0 Å². The standard InChI is InChI=1S/C14H15N3O/c1-10-5-6-13(16-8-10)9-17-12-4-2-3-11(7-12)14(15)18/h2-8,17H,9H2,1H3,(H2,15,18). The Hall–Kier alpha value is -2.36. The van der Waals surface area contributed by atoms with Crippen LogP contribution in [0.15, 0.2) is 42.6 Å². The number of hydrogen-bond acceptors (Lipinski definition) is 3. The number of carbonyl (C=O) groups is 1. The summed E-state index contributed by atoms with van der Waals surface area (Å²) in [5.41, 5.74) is 8.66. The Morgan fingerprint density at radius 1 is 1.33 bits per heavy atom. The van der Waals surface area contributed by atoms with Gasteiger partial charge in [0.25, 0.3) is 0 Å². The zero-order chi connectivity index (χ0) is 13.0. The lowest BCUT2D eigenvalue weighted by molar-refractivity contribution is 0.100. The van der Waals surface area contributed by atoms with Gasteiger partial charge >= 0.3 is 0 Å². The van der Waals surface area contributed by atoms with Gasteiger partial charge in [-0.3, -0.25) is 9.78 Å². The molecule has 1 aromatic heterocycles. The van der Waals surface area contributed by atoms with Gasteiger partial charge in [-0.2, -0.15) is 0 Å². The summed E-state index contributed by atoms with van der Waals surface area (Å²) in [6.45, 7) is 2.61. The quantitative estimate of drug-likeness (QED) is 0.861. The summed E-state index contributed by atoms with van der Waals surface area (Å²) in [5, 5.41) is 3.21. The lowest BCUT2D eigenvalue weighted by Gasteiger charge is -2.07. The van der Waals surface area contributed by atoms with E-state index in [2.05, 4.69) is 10.3 Å². The monoisotopic (exact) mass is 241 g/mol. The van der Waals surface area contributed by atoms with E-state index in [1.165, 1.54) is 0 Å². The Morgan fingerprint density at radius 2 is 2.17 bits per heavy atom. The van der Waals surface area contributed by atoms with Crippen molar-refractivity contribution in [2.75, 3.05) is 5.32 Å². The number of anilines is 1. The molecule has 0 fully saturated rings. The molecule has 1 aromatic carbocycles. The van der Waals surface area contributed by atoms with E-state index >= 15 is 0 Å². The lowest BCUT2D eigenvalue weighted by Crippen LogP contribution is -2.11. The maximum absolute atomic E-state index is 11.0. The van der Waals surface area contributed by atoms with E-state index in [-0.39, 0.29) is 0 Å². The number of pyridine rings is 1. The Kier molecular flexibility index (Phi) is 3.57. The number of aromatic nitrogens is 1. The molecule has 1 heterocycles. The Morgan fingerprint density at radius 3 is 2.83 bits per heavy atom. The van der Waals surface area contributed by atoms with Crippen molar-refractivity contribution < 1.29 is 4.79 Å². The SMILES string of the molecule is Cc1ccc(CNc2cccc(C(N)=O)c2)nc1. The molecule has 2 rings (SSSR count). The molecule has 1 amide bonds. The predicted octanol–water partition coefficient (Wildman–Crippen LogP) is 2.10. The van der Waals surface area contributed by atoms with Crippen molar-refractivity contribution in [2.24, 2.45) is 5.73 Å². The Labute approximate surface area is 106 Å². The van der Waals surface area contributed by atoms with Gasteiger partial charge in [-0.05, 0) is 36.8 Å². The van der Waals surface area contributed by atoms with Gasteiger partial charge in [-0.1, -0.05) is 12.1 Å². The molecule has 4 heteroatoms. The van der Waals surface area contributed by atoms with Gasteiger partial charge < -0.3 is 11.1 Å². The lowest BCUT2D eigenvalue weighted by atomic mass is 10.2. The average Bonchev–Trinajstić information content (AvgIpc) is 2.38. The van der Waals surface area contributed by atoms with E-state index < -0.39 is 5.91 Å². The minimum Gasteiger partial charge on any atom is -0.379 e. The van der Waals surface area contributed by atoms with Crippen LogP contribution >= 0.6 is 0 Å². The maximum atomic E-state index is 11.0. The third-order valence-electron chi connectivity index (χ3n) is 2.59. The van der Waals surface area contributed by atoms with E-state index in [1.807, 2.05) is 31.3 Å². The summed E-state index contributed by atoms with van der Waals surface area (Å²) in [5.74, 6) is -0.424. The van der Waals surface area contributed by atoms with Gasteiger partial charge in [0.2, 0.25) is 5.91 Å².